The van der Waals surface area contributed by atoms with Gasteiger partial charge in [0.1, 0.15) is 5.82 Å². The Morgan fingerprint density at radius 1 is 1.42 bits per heavy atom. The summed E-state index contributed by atoms with van der Waals surface area (Å²) in [6.07, 6.45) is 6.99. The molecule has 1 aliphatic rings. The number of aliphatic carboxylic acids is 1. The Kier molecular flexibility index (Phi) is 6.94. The Bertz CT molecular complexity index is 558. The van der Waals surface area contributed by atoms with Gasteiger partial charge in [0, 0.05) is 26.8 Å². The van der Waals surface area contributed by atoms with Crippen LogP contribution in [0.3, 0.4) is 0 Å². The first kappa shape index (κ1) is 18.6. The van der Waals surface area contributed by atoms with Gasteiger partial charge in [-0.3, -0.25) is 9.69 Å². The van der Waals surface area contributed by atoms with E-state index in [4.69, 9.17) is 4.74 Å². The van der Waals surface area contributed by atoms with Crippen molar-refractivity contribution < 1.29 is 19.0 Å². The van der Waals surface area contributed by atoms with Gasteiger partial charge >= 0.3 is 5.97 Å². The summed E-state index contributed by atoms with van der Waals surface area (Å²) >= 11 is 0. The number of methoxy groups -OCH3 is 1. The molecule has 0 radical (unpaired) electrons. The molecule has 5 heteroatoms. The van der Waals surface area contributed by atoms with Gasteiger partial charge in [-0.25, -0.2) is 4.39 Å². The zero-order valence-corrected chi connectivity index (χ0v) is 14.2. The Labute approximate surface area is 142 Å². The maximum atomic E-state index is 12.9. The van der Waals surface area contributed by atoms with Crippen LogP contribution in [-0.4, -0.2) is 49.3 Å². The lowest BCUT2D eigenvalue weighted by Gasteiger charge is -2.39. The number of likely N-dealkylation sites (tertiary alicyclic amines) is 1. The lowest BCUT2D eigenvalue weighted by Crippen LogP contribution is -2.48. The van der Waals surface area contributed by atoms with Gasteiger partial charge in [-0.1, -0.05) is 24.3 Å². The average molecular weight is 335 g/mol. The van der Waals surface area contributed by atoms with E-state index in [0.29, 0.717) is 26.1 Å². The van der Waals surface area contributed by atoms with E-state index in [0.717, 1.165) is 31.4 Å². The van der Waals surface area contributed by atoms with E-state index in [2.05, 4.69) is 4.90 Å². The molecule has 1 fully saturated rings. The molecular weight excluding hydrogens is 309 g/mol. The van der Waals surface area contributed by atoms with Crippen LogP contribution in [0.4, 0.5) is 4.39 Å². The first-order valence-corrected chi connectivity index (χ1v) is 8.42. The highest BCUT2D eigenvalue weighted by molar-refractivity contribution is 5.75. The zero-order chi connectivity index (χ0) is 17.4. The molecule has 0 aromatic heterocycles. The van der Waals surface area contributed by atoms with E-state index in [9.17, 15) is 14.3 Å². The van der Waals surface area contributed by atoms with Crippen LogP contribution in [0.1, 0.15) is 31.2 Å². The second-order valence-electron chi connectivity index (χ2n) is 6.47. The third-order valence-electron chi connectivity index (χ3n) is 4.66. The van der Waals surface area contributed by atoms with Crippen molar-refractivity contribution in [2.24, 2.45) is 5.41 Å². The van der Waals surface area contributed by atoms with Crippen LogP contribution in [0.15, 0.2) is 30.3 Å². The number of carboxylic acids is 1. The summed E-state index contributed by atoms with van der Waals surface area (Å²) < 4.78 is 18.0. The van der Waals surface area contributed by atoms with Gasteiger partial charge in [0.25, 0.3) is 0 Å². The van der Waals surface area contributed by atoms with E-state index in [1.807, 2.05) is 12.2 Å². The van der Waals surface area contributed by atoms with Gasteiger partial charge < -0.3 is 9.84 Å². The van der Waals surface area contributed by atoms with Gasteiger partial charge in [0.05, 0.1) is 5.41 Å². The molecule has 24 heavy (non-hydrogen) atoms. The summed E-state index contributed by atoms with van der Waals surface area (Å²) in [5.74, 6) is -0.948. The predicted octanol–water partition coefficient (Wildman–Crippen LogP) is 3.43. The largest absolute Gasteiger partial charge is 0.481 e. The molecule has 0 aliphatic carbocycles. The Balaban J connectivity index is 1.93. The quantitative estimate of drug-likeness (QED) is 0.740. The summed E-state index contributed by atoms with van der Waals surface area (Å²) in [5.41, 5.74) is 0.276. The number of ether oxygens (including phenoxy) is 1. The number of halogens is 1. The molecule has 1 aromatic rings. The van der Waals surface area contributed by atoms with Crippen molar-refractivity contribution >= 4 is 12.0 Å². The molecule has 4 nitrogen and oxygen atoms in total. The van der Waals surface area contributed by atoms with Crippen LogP contribution in [0.5, 0.6) is 0 Å². The Morgan fingerprint density at radius 2 is 2.17 bits per heavy atom. The molecule has 1 N–H and O–H groups in total. The third-order valence-corrected chi connectivity index (χ3v) is 4.66. The van der Waals surface area contributed by atoms with Crippen LogP contribution in [0.2, 0.25) is 0 Å². The molecule has 1 unspecified atom stereocenters. The van der Waals surface area contributed by atoms with Crippen molar-refractivity contribution in [1.82, 2.24) is 4.90 Å². The van der Waals surface area contributed by atoms with E-state index < -0.39 is 11.4 Å². The van der Waals surface area contributed by atoms with Crippen molar-refractivity contribution in [3.8, 4) is 0 Å². The topological polar surface area (TPSA) is 49.8 Å². The molecule has 1 heterocycles. The average Bonchev–Trinajstić information content (AvgIpc) is 2.57. The SMILES string of the molecule is COCCCC1(C(=O)O)CCCN(C/C=C/c2ccc(F)cc2)C1. The maximum absolute atomic E-state index is 12.9. The lowest BCUT2D eigenvalue weighted by atomic mass is 9.76. The normalized spacial score (nSPS) is 22.1. The van der Waals surface area contributed by atoms with E-state index >= 15 is 0 Å². The number of benzene rings is 1. The smallest absolute Gasteiger partial charge is 0.310 e. The molecule has 2 rings (SSSR count). The number of hydrogen-bond acceptors (Lipinski definition) is 3. The van der Waals surface area contributed by atoms with Gasteiger partial charge in [0.2, 0.25) is 0 Å². The summed E-state index contributed by atoms with van der Waals surface area (Å²) in [4.78, 5) is 14.0. The molecule has 1 aliphatic heterocycles. The monoisotopic (exact) mass is 335 g/mol. The van der Waals surface area contributed by atoms with Gasteiger partial charge in [0.15, 0.2) is 0 Å². The molecule has 0 spiro atoms. The van der Waals surface area contributed by atoms with E-state index in [-0.39, 0.29) is 5.82 Å². The predicted molar refractivity (Wildman–Crippen MR) is 92.3 cm³/mol. The fourth-order valence-electron chi connectivity index (χ4n) is 3.34. The van der Waals surface area contributed by atoms with E-state index in [1.54, 1.807) is 19.2 Å². The molecule has 0 amide bonds. The van der Waals surface area contributed by atoms with Crippen LogP contribution in [0, 0.1) is 11.2 Å². The molecule has 0 saturated carbocycles. The summed E-state index contributed by atoms with van der Waals surface area (Å²) in [6, 6.07) is 6.33. The number of nitrogens with zero attached hydrogens (tertiary/aromatic N) is 1. The number of piperidine rings is 1. The van der Waals surface area contributed by atoms with Gasteiger partial charge in [-0.2, -0.15) is 0 Å². The first-order valence-electron chi connectivity index (χ1n) is 8.42. The summed E-state index contributed by atoms with van der Waals surface area (Å²) in [6.45, 7) is 2.78. The molecule has 1 aromatic carbocycles. The molecule has 0 bridgehead atoms. The minimum atomic E-state index is -0.703. The number of hydrogen-bond donors (Lipinski definition) is 1. The van der Waals surface area contributed by atoms with Crippen molar-refractivity contribution in [1.29, 1.82) is 0 Å². The first-order chi connectivity index (χ1) is 11.6. The van der Waals surface area contributed by atoms with Crippen molar-refractivity contribution in [3.05, 3.63) is 41.7 Å². The van der Waals surface area contributed by atoms with Gasteiger partial charge in [-0.05, 0) is 49.9 Å². The molecule has 1 saturated heterocycles. The van der Waals surface area contributed by atoms with Crippen molar-refractivity contribution in [3.63, 3.8) is 0 Å². The summed E-state index contributed by atoms with van der Waals surface area (Å²) in [5, 5.41) is 9.71. The highest BCUT2D eigenvalue weighted by Crippen LogP contribution is 2.35. The number of carbonyl (C=O) groups is 1. The highest BCUT2D eigenvalue weighted by Gasteiger charge is 2.41. The molecule has 1 atom stereocenters. The standard InChI is InChI=1S/C19H26FNO3/c1-24-14-4-11-19(18(22)23)10-3-13-21(15-19)12-2-5-16-6-8-17(20)9-7-16/h2,5-9H,3-4,10-15H2,1H3,(H,22,23)/b5-2+. The van der Waals surface area contributed by atoms with Crippen molar-refractivity contribution in [2.75, 3.05) is 33.4 Å². The minimum Gasteiger partial charge on any atom is -0.481 e. The van der Waals surface area contributed by atoms with Crippen LogP contribution in [-0.2, 0) is 9.53 Å². The zero-order valence-electron chi connectivity index (χ0n) is 14.2. The third kappa shape index (κ3) is 5.14. The van der Waals surface area contributed by atoms with Crippen LogP contribution in [0.25, 0.3) is 6.08 Å². The number of rotatable bonds is 8. The summed E-state index contributed by atoms with van der Waals surface area (Å²) in [7, 11) is 1.64. The Hall–Kier alpha value is -1.72. The van der Waals surface area contributed by atoms with Crippen LogP contribution < -0.4 is 0 Å². The number of carboxylic acid groups (broad SMARTS) is 1. The molecule has 132 valence electrons. The highest BCUT2D eigenvalue weighted by atomic mass is 19.1. The van der Waals surface area contributed by atoms with Crippen molar-refractivity contribution in [2.45, 2.75) is 25.7 Å². The minimum absolute atomic E-state index is 0.245. The lowest BCUT2D eigenvalue weighted by molar-refractivity contribution is -0.153. The van der Waals surface area contributed by atoms with Gasteiger partial charge in [-0.15, -0.1) is 0 Å². The maximum Gasteiger partial charge on any atom is 0.310 e. The fourth-order valence-corrected chi connectivity index (χ4v) is 3.34. The second-order valence-corrected chi connectivity index (χ2v) is 6.47. The van der Waals surface area contributed by atoms with E-state index in [1.165, 1.54) is 12.1 Å². The fraction of sp³-hybridized carbons (Fsp3) is 0.526. The van der Waals surface area contributed by atoms with Crippen LogP contribution >= 0.6 is 0 Å². The Morgan fingerprint density at radius 3 is 2.83 bits per heavy atom. The second kappa shape index (κ2) is 8.94. The molecular formula is C19H26FNO3.